The van der Waals surface area contributed by atoms with E-state index in [-0.39, 0.29) is 5.97 Å². The van der Waals surface area contributed by atoms with Crippen LogP contribution in [0.5, 0.6) is 5.75 Å². The highest BCUT2D eigenvalue weighted by atomic mass is 16.5. The van der Waals surface area contributed by atoms with Crippen molar-refractivity contribution in [3.8, 4) is 5.75 Å². The predicted molar refractivity (Wildman–Crippen MR) is 93.7 cm³/mol. The molecule has 0 radical (unpaired) electrons. The lowest BCUT2D eigenvalue weighted by atomic mass is 9.63. The summed E-state index contributed by atoms with van der Waals surface area (Å²) in [6, 6.07) is 9.76. The van der Waals surface area contributed by atoms with Gasteiger partial charge in [0.05, 0.1) is 27.2 Å². The summed E-state index contributed by atoms with van der Waals surface area (Å²) in [4.78, 5) is 25.0. The standard InChI is InChI=1S/C20H22O5/c1-20(19(22)25-4)16-9-5-12-11-13(23-2)6-7-14(12)15(16)8-10-17(20)18(21)24-3/h5-7,9,11,17H,8,10H2,1-4H3/t17-,20+/m1/s1. The minimum atomic E-state index is -1.07. The van der Waals surface area contributed by atoms with Gasteiger partial charge in [0.1, 0.15) is 11.2 Å². The lowest BCUT2D eigenvalue weighted by Crippen LogP contribution is -2.48. The van der Waals surface area contributed by atoms with Crippen molar-refractivity contribution in [3.63, 3.8) is 0 Å². The fraction of sp³-hybridized carbons (Fsp3) is 0.400. The van der Waals surface area contributed by atoms with E-state index >= 15 is 0 Å². The molecule has 0 spiro atoms. The van der Waals surface area contributed by atoms with Crippen molar-refractivity contribution in [2.24, 2.45) is 5.92 Å². The lowest BCUT2D eigenvalue weighted by molar-refractivity contribution is -0.160. The van der Waals surface area contributed by atoms with Crippen molar-refractivity contribution in [1.29, 1.82) is 0 Å². The van der Waals surface area contributed by atoms with E-state index in [1.54, 1.807) is 14.0 Å². The van der Waals surface area contributed by atoms with Crippen LogP contribution in [0.3, 0.4) is 0 Å². The van der Waals surface area contributed by atoms with E-state index in [0.29, 0.717) is 12.8 Å². The van der Waals surface area contributed by atoms with E-state index in [1.807, 2.05) is 30.3 Å². The zero-order valence-electron chi connectivity index (χ0n) is 14.9. The molecule has 2 atom stereocenters. The van der Waals surface area contributed by atoms with E-state index in [9.17, 15) is 9.59 Å². The Hall–Kier alpha value is -2.56. The van der Waals surface area contributed by atoms with Crippen LogP contribution in [0.25, 0.3) is 10.8 Å². The Morgan fingerprint density at radius 1 is 1.08 bits per heavy atom. The molecule has 5 heteroatoms. The first-order valence-corrected chi connectivity index (χ1v) is 8.23. The molecular formula is C20H22O5. The first-order chi connectivity index (χ1) is 12.0. The van der Waals surface area contributed by atoms with E-state index in [1.165, 1.54) is 14.2 Å². The number of carbonyl (C=O) groups is 2. The van der Waals surface area contributed by atoms with Crippen LogP contribution in [0.15, 0.2) is 30.3 Å². The molecule has 0 heterocycles. The summed E-state index contributed by atoms with van der Waals surface area (Å²) in [6.07, 6.45) is 1.24. The van der Waals surface area contributed by atoms with Crippen LogP contribution in [0.1, 0.15) is 24.5 Å². The summed E-state index contributed by atoms with van der Waals surface area (Å²) < 4.78 is 15.3. The molecule has 25 heavy (non-hydrogen) atoms. The summed E-state index contributed by atoms with van der Waals surface area (Å²) >= 11 is 0. The van der Waals surface area contributed by atoms with Crippen LogP contribution in [-0.2, 0) is 30.9 Å². The maximum absolute atomic E-state index is 12.7. The second-order valence-electron chi connectivity index (χ2n) is 6.49. The number of esters is 2. The summed E-state index contributed by atoms with van der Waals surface area (Å²) in [5.41, 5.74) is 0.843. The van der Waals surface area contributed by atoms with Gasteiger partial charge in [-0.15, -0.1) is 0 Å². The third-order valence-corrected chi connectivity index (χ3v) is 5.37. The van der Waals surface area contributed by atoms with Gasteiger partial charge < -0.3 is 14.2 Å². The second kappa shape index (κ2) is 6.39. The average Bonchev–Trinajstić information content (AvgIpc) is 2.66. The van der Waals surface area contributed by atoms with Gasteiger partial charge in [0.15, 0.2) is 0 Å². The van der Waals surface area contributed by atoms with Gasteiger partial charge in [-0.2, -0.15) is 0 Å². The van der Waals surface area contributed by atoms with Crippen molar-refractivity contribution in [2.75, 3.05) is 21.3 Å². The summed E-state index contributed by atoms with van der Waals surface area (Å²) in [5.74, 6) is -0.579. The predicted octanol–water partition coefficient (Wildman–Crippen LogP) is 3.01. The van der Waals surface area contributed by atoms with E-state index in [2.05, 4.69) is 0 Å². The first kappa shape index (κ1) is 17.3. The molecule has 0 saturated heterocycles. The number of benzene rings is 2. The number of aryl methyl sites for hydroxylation is 1. The molecule has 0 aromatic heterocycles. The molecule has 0 bridgehead atoms. The smallest absolute Gasteiger partial charge is 0.316 e. The Bertz CT molecular complexity index is 841. The third-order valence-electron chi connectivity index (χ3n) is 5.37. The SMILES string of the molecule is COC(=O)[C@H]1CCc2c(ccc3cc(OC)ccc23)[C@]1(C)C(=O)OC. The summed E-state index contributed by atoms with van der Waals surface area (Å²) in [5, 5.41) is 2.11. The van der Waals surface area contributed by atoms with E-state index in [0.717, 1.165) is 27.6 Å². The number of methoxy groups -OCH3 is 3. The number of fused-ring (bicyclic) bond motifs is 3. The van der Waals surface area contributed by atoms with Gasteiger partial charge in [-0.1, -0.05) is 18.2 Å². The summed E-state index contributed by atoms with van der Waals surface area (Å²) in [6.45, 7) is 1.77. The van der Waals surface area contributed by atoms with Crippen LogP contribution >= 0.6 is 0 Å². The van der Waals surface area contributed by atoms with Crippen LogP contribution in [0.2, 0.25) is 0 Å². The molecule has 0 aliphatic heterocycles. The number of carbonyl (C=O) groups excluding carboxylic acids is 2. The Morgan fingerprint density at radius 3 is 2.48 bits per heavy atom. The molecule has 0 N–H and O–H groups in total. The van der Waals surface area contributed by atoms with Gasteiger partial charge in [-0.3, -0.25) is 9.59 Å². The zero-order valence-corrected chi connectivity index (χ0v) is 14.9. The van der Waals surface area contributed by atoms with Gasteiger partial charge >= 0.3 is 11.9 Å². The minimum Gasteiger partial charge on any atom is -0.497 e. The quantitative estimate of drug-likeness (QED) is 0.803. The normalized spacial score (nSPS) is 22.2. The average molecular weight is 342 g/mol. The second-order valence-corrected chi connectivity index (χ2v) is 6.49. The molecule has 0 amide bonds. The molecule has 1 aliphatic rings. The molecule has 2 aromatic rings. The fourth-order valence-corrected chi connectivity index (χ4v) is 3.98. The summed E-state index contributed by atoms with van der Waals surface area (Å²) in [7, 11) is 4.33. The molecule has 2 aromatic carbocycles. The zero-order chi connectivity index (χ0) is 18.2. The van der Waals surface area contributed by atoms with Crippen LogP contribution in [0.4, 0.5) is 0 Å². The Morgan fingerprint density at radius 2 is 1.84 bits per heavy atom. The van der Waals surface area contributed by atoms with Crippen molar-refractivity contribution in [1.82, 2.24) is 0 Å². The Labute approximate surface area is 146 Å². The monoisotopic (exact) mass is 342 g/mol. The van der Waals surface area contributed by atoms with Crippen LogP contribution in [-0.4, -0.2) is 33.3 Å². The molecular weight excluding hydrogens is 320 g/mol. The number of ether oxygens (including phenoxy) is 3. The van der Waals surface area contributed by atoms with Crippen LogP contribution < -0.4 is 4.74 Å². The van der Waals surface area contributed by atoms with Gasteiger partial charge in [0.2, 0.25) is 0 Å². The van der Waals surface area contributed by atoms with Crippen LogP contribution in [0, 0.1) is 5.92 Å². The van der Waals surface area contributed by atoms with Gasteiger partial charge in [-0.05, 0) is 53.8 Å². The molecule has 0 saturated carbocycles. The molecule has 3 rings (SSSR count). The van der Waals surface area contributed by atoms with Gasteiger partial charge in [-0.25, -0.2) is 0 Å². The molecule has 1 aliphatic carbocycles. The van der Waals surface area contributed by atoms with Gasteiger partial charge in [0.25, 0.3) is 0 Å². The first-order valence-electron chi connectivity index (χ1n) is 8.23. The van der Waals surface area contributed by atoms with Gasteiger partial charge in [0, 0.05) is 0 Å². The number of rotatable bonds is 3. The maximum atomic E-state index is 12.7. The molecule has 5 nitrogen and oxygen atoms in total. The van der Waals surface area contributed by atoms with E-state index < -0.39 is 17.3 Å². The van der Waals surface area contributed by atoms with E-state index in [4.69, 9.17) is 14.2 Å². The van der Waals surface area contributed by atoms with Crippen molar-refractivity contribution in [3.05, 3.63) is 41.5 Å². The molecule has 0 fully saturated rings. The number of hydrogen-bond acceptors (Lipinski definition) is 5. The van der Waals surface area contributed by atoms with Crippen molar-refractivity contribution in [2.45, 2.75) is 25.2 Å². The maximum Gasteiger partial charge on any atom is 0.316 e. The fourth-order valence-electron chi connectivity index (χ4n) is 3.98. The third kappa shape index (κ3) is 2.54. The topological polar surface area (TPSA) is 61.8 Å². The Balaban J connectivity index is 2.24. The number of hydrogen-bond donors (Lipinski definition) is 0. The van der Waals surface area contributed by atoms with Crippen molar-refractivity contribution >= 4 is 22.7 Å². The Kier molecular flexibility index (Phi) is 4.41. The minimum absolute atomic E-state index is 0.381. The highest BCUT2D eigenvalue weighted by Gasteiger charge is 2.51. The highest BCUT2D eigenvalue weighted by Crippen LogP contribution is 2.45. The lowest BCUT2D eigenvalue weighted by Gasteiger charge is -2.39. The largest absolute Gasteiger partial charge is 0.497 e. The van der Waals surface area contributed by atoms with Crippen molar-refractivity contribution < 1.29 is 23.8 Å². The molecule has 132 valence electrons. The highest BCUT2D eigenvalue weighted by molar-refractivity contribution is 5.95. The molecule has 0 unspecified atom stereocenters.